The number of anilines is 1. The first kappa shape index (κ1) is 26.3. The third-order valence-corrected chi connectivity index (χ3v) is 7.95. The highest BCUT2D eigenvalue weighted by atomic mass is 32.2. The summed E-state index contributed by atoms with van der Waals surface area (Å²) in [6.45, 7) is 2.03. The lowest BCUT2D eigenvalue weighted by atomic mass is 9.81. The van der Waals surface area contributed by atoms with Gasteiger partial charge in [-0.2, -0.15) is 0 Å². The molecule has 196 valence electrons. The van der Waals surface area contributed by atoms with Crippen LogP contribution in [0.2, 0.25) is 0 Å². The van der Waals surface area contributed by atoms with E-state index in [1.807, 2.05) is 11.6 Å². The summed E-state index contributed by atoms with van der Waals surface area (Å²) in [7, 11) is -4.07. The molecule has 1 saturated carbocycles. The number of urea groups is 1. The summed E-state index contributed by atoms with van der Waals surface area (Å²) in [5.74, 6) is -1.31. The van der Waals surface area contributed by atoms with E-state index in [2.05, 4.69) is 5.32 Å². The summed E-state index contributed by atoms with van der Waals surface area (Å²) in [4.78, 5) is 51.0. The van der Waals surface area contributed by atoms with E-state index in [4.69, 9.17) is 4.74 Å². The highest BCUT2D eigenvalue weighted by Crippen LogP contribution is 2.37. The molecule has 2 aliphatic rings. The summed E-state index contributed by atoms with van der Waals surface area (Å²) in [5, 5.41) is 2.39. The number of nitrogens with zero attached hydrogens (tertiary/aromatic N) is 1. The molecule has 0 spiro atoms. The molecule has 0 aromatic heterocycles. The third-order valence-electron chi connectivity index (χ3n) is 6.61. The molecule has 37 heavy (non-hydrogen) atoms. The monoisotopic (exact) mass is 527 g/mol. The van der Waals surface area contributed by atoms with Crippen LogP contribution in [0.1, 0.15) is 48.0 Å². The van der Waals surface area contributed by atoms with Gasteiger partial charge in [-0.3, -0.25) is 14.5 Å². The fourth-order valence-corrected chi connectivity index (χ4v) is 5.61. The fraction of sp³-hybridized carbons (Fsp3) is 0.385. The largest absolute Gasteiger partial charge is 0.462 e. The van der Waals surface area contributed by atoms with Crippen molar-refractivity contribution >= 4 is 39.5 Å². The summed E-state index contributed by atoms with van der Waals surface area (Å²) in [6, 6.07) is 10.9. The van der Waals surface area contributed by atoms with Crippen molar-refractivity contribution in [3.05, 3.63) is 59.7 Å². The molecule has 4 amide bonds. The molecule has 1 aliphatic carbocycles. The SMILES string of the molecule is Cc1ccc(S(=O)(=O)NC(=O)Nc2cccc(C(=O)OCCCN3C(=O)C4CCCCC4C3=O)c2)cc1. The number of sulfonamides is 1. The van der Waals surface area contributed by atoms with Gasteiger partial charge in [-0.1, -0.05) is 36.6 Å². The molecule has 2 aromatic rings. The number of carbonyl (C=O) groups excluding carboxylic acids is 4. The van der Waals surface area contributed by atoms with Crippen molar-refractivity contribution in [3.63, 3.8) is 0 Å². The Bertz CT molecular complexity index is 1280. The fourth-order valence-electron chi connectivity index (χ4n) is 4.70. The average molecular weight is 528 g/mol. The molecule has 4 rings (SSSR count). The van der Waals surface area contributed by atoms with Crippen LogP contribution < -0.4 is 10.0 Å². The van der Waals surface area contributed by atoms with Crippen LogP contribution in [-0.2, 0) is 24.3 Å². The maximum Gasteiger partial charge on any atom is 0.338 e. The van der Waals surface area contributed by atoms with Crippen LogP contribution in [0, 0.1) is 18.8 Å². The normalized spacial score (nSPS) is 19.3. The van der Waals surface area contributed by atoms with E-state index < -0.39 is 22.0 Å². The molecule has 1 heterocycles. The molecule has 1 aliphatic heterocycles. The Morgan fingerprint density at radius 3 is 2.30 bits per heavy atom. The molecule has 1 saturated heterocycles. The van der Waals surface area contributed by atoms with Crippen molar-refractivity contribution in [2.75, 3.05) is 18.5 Å². The second-order valence-corrected chi connectivity index (χ2v) is 11.0. The number of ether oxygens (including phenoxy) is 1. The third kappa shape index (κ3) is 6.16. The molecule has 2 fully saturated rings. The number of esters is 1. The van der Waals surface area contributed by atoms with Gasteiger partial charge in [-0.05, 0) is 56.5 Å². The minimum atomic E-state index is -4.07. The Morgan fingerprint density at radius 2 is 1.65 bits per heavy atom. The number of likely N-dealkylation sites (tertiary alicyclic amines) is 1. The van der Waals surface area contributed by atoms with Crippen LogP contribution in [0.5, 0.6) is 0 Å². The number of fused-ring (bicyclic) bond motifs is 1. The van der Waals surface area contributed by atoms with Gasteiger partial charge in [0.05, 0.1) is 28.9 Å². The van der Waals surface area contributed by atoms with Crippen LogP contribution >= 0.6 is 0 Å². The zero-order chi connectivity index (χ0) is 26.6. The molecule has 0 bridgehead atoms. The molecule has 10 nitrogen and oxygen atoms in total. The van der Waals surface area contributed by atoms with Gasteiger partial charge in [0, 0.05) is 12.2 Å². The number of aryl methyl sites for hydroxylation is 1. The van der Waals surface area contributed by atoms with E-state index in [0.29, 0.717) is 6.42 Å². The number of carbonyl (C=O) groups is 4. The van der Waals surface area contributed by atoms with Crippen LogP contribution in [0.15, 0.2) is 53.4 Å². The number of amides is 4. The van der Waals surface area contributed by atoms with E-state index >= 15 is 0 Å². The van der Waals surface area contributed by atoms with Crippen LogP contribution in [0.3, 0.4) is 0 Å². The molecular formula is C26H29N3O7S. The van der Waals surface area contributed by atoms with E-state index in [1.165, 1.54) is 41.3 Å². The molecule has 2 N–H and O–H groups in total. The summed E-state index contributed by atoms with van der Waals surface area (Å²) < 4.78 is 32.0. The second-order valence-electron chi connectivity index (χ2n) is 9.27. The minimum Gasteiger partial charge on any atom is -0.462 e. The van der Waals surface area contributed by atoms with Gasteiger partial charge in [0.1, 0.15) is 0 Å². The number of hydrogen-bond donors (Lipinski definition) is 2. The Hall–Kier alpha value is -3.73. The Kier molecular flexibility index (Phi) is 7.91. The van der Waals surface area contributed by atoms with Crippen molar-refractivity contribution in [1.29, 1.82) is 0 Å². The van der Waals surface area contributed by atoms with Gasteiger partial charge in [-0.15, -0.1) is 0 Å². The van der Waals surface area contributed by atoms with Crippen molar-refractivity contribution in [3.8, 4) is 0 Å². The van der Waals surface area contributed by atoms with Crippen LogP contribution in [0.4, 0.5) is 10.5 Å². The van der Waals surface area contributed by atoms with Crippen molar-refractivity contribution < 1.29 is 32.3 Å². The van der Waals surface area contributed by atoms with E-state index in [-0.39, 0.29) is 52.9 Å². The number of nitrogens with one attached hydrogen (secondary N) is 2. The van der Waals surface area contributed by atoms with Gasteiger partial charge in [0.25, 0.3) is 10.0 Å². The van der Waals surface area contributed by atoms with Gasteiger partial charge in [-0.25, -0.2) is 22.7 Å². The smallest absolute Gasteiger partial charge is 0.338 e. The standard InChI is InChI=1S/C26H29N3O7S/c1-17-10-12-20(13-11-17)37(34,35)28-26(33)27-19-7-4-6-18(16-19)25(32)36-15-5-14-29-23(30)21-8-2-3-9-22(21)24(29)31/h4,6-7,10-13,16,21-22H,2-3,5,8-9,14-15H2,1H3,(H2,27,28,33). The number of rotatable bonds is 8. The summed E-state index contributed by atoms with van der Waals surface area (Å²) in [5.41, 5.74) is 1.23. The van der Waals surface area contributed by atoms with Crippen molar-refractivity contribution in [2.24, 2.45) is 11.8 Å². The summed E-state index contributed by atoms with van der Waals surface area (Å²) in [6.07, 6.45) is 3.75. The number of hydrogen-bond acceptors (Lipinski definition) is 7. The van der Waals surface area contributed by atoms with Crippen molar-refractivity contribution in [2.45, 2.75) is 43.9 Å². The highest BCUT2D eigenvalue weighted by Gasteiger charge is 2.47. The Morgan fingerprint density at radius 1 is 1.00 bits per heavy atom. The zero-order valence-corrected chi connectivity index (χ0v) is 21.3. The first-order chi connectivity index (χ1) is 17.7. The van der Waals surface area contributed by atoms with Crippen LogP contribution in [-0.4, -0.2) is 50.3 Å². The lowest BCUT2D eigenvalue weighted by Crippen LogP contribution is -2.34. The lowest BCUT2D eigenvalue weighted by molar-refractivity contribution is -0.140. The van der Waals surface area contributed by atoms with Gasteiger partial charge < -0.3 is 10.1 Å². The molecule has 2 unspecified atom stereocenters. The van der Waals surface area contributed by atoms with Gasteiger partial charge in [0.15, 0.2) is 0 Å². The van der Waals surface area contributed by atoms with Crippen LogP contribution in [0.25, 0.3) is 0 Å². The molecular weight excluding hydrogens is 498 g/mol. The first-order valence-corrected chi connectivity index (χ1v) is 13.7. The predicted molar refractivity (Wildman–Crippen MR) is 134 cm³/mol. The molecule has 11 heteroatoms. The van der Waals surface area contributed by atoms with E-state index in [9.17, 15) is 27.6 Å². The molecule has 0 radical (unpaired) electrons. The quantitative estimate of drug-likeness (QED) is 0.305. The maximum atomic E-state index is 12.5. The summed E-state index contributed by atoms with van der Waals surface area (Å²) >= 11 is 0. The zero-order valence-electron chi connectivity index (χ0n) is 20.4. The average Bonchev–Trinajstić information content (AvgIpc) is 3.11. The molecule has 2 aromatic carbocycles. The predicted octanol–water partition coefficient (Wildman–Crippen LogP) is 3.23. The van der Waals surface area contributed by atoms with E-state index in [1.54, 1.807) is 12.1 Å². The second kappa shape index (κ2) is 11.1. The topological polar surface area (TPSA) is 139 Å². The Balaban J connectivity index is 1.26. The number of imide groups is 1. The van der Waals surface area contributed by atoms with Gasteiger partial charge >= 0.3 is 12.0 Å². The Labute approximate surface area is 215 Å². The maximum absolute atomic E-state index is 12.5. The van der Waals surface area contributed by atoms with Gasteiger partial charge in [0.2, 0.25) is 11.8 Å². The van der Waals surface area contributed by atoms with Crippen molar-refractivity contribution in [1.82, 2.24) is 9.62 Å². The minimum absolute atomic E-state index is 0.0121. The van der Waals surface area contributed by atoms with E-state index in [0.717, 1.165) is 31.2 Å². The lowest BCUT2D eigenvalue weighted by Gasteiger charge is -2.19. The number of benzene rings is 2. The first-order valence-electron chi connectivity index (χ1n) is 12.2. The highest BCUT2D eigenvalue weighted by molar-refractivity contribution is 7.90. The molecule has 2 atom stereocenters.